The van der Waals surface area contributed by atoms with Crippen LogP contribution >= 0.6 is 0 Å². The first-order valence-corrected chi connectivity index (χ1v) is 7.14. The number of rotatable bonds is 1. The summed E-state index contributed by atoms with van der Waals surface area (Å²) < 4.78 is 5.40. The second kappa shape index (κ2) is 5.37. The fraction of sp³-hybridized carbons (Fsp3) is 0.467. The Labute approximate surface area is 122 Å². The highest BCUT2D eigenvalue weighted by molar-refractivity contribution is 5.91. The van der Waals surface area contributed by atoms with Crippen LogP contribution in [0.25, 0.3) is 11.1 Å². The van der Waals surface area contributed by atoms with Crippen LogP contribution in [-0.2, 0) is 0 Å². The molecule has 21 heavy (non-hydrogen) atoms. The smallest absolute Gasteiger partial charge is 0.321 e. The van der Waals surface area contributed by atoms with Gasteiger partial charge in [-0.1, -0.05) is 6.92 Å². The Kier molecular flexibility index (Phi) is 3.55. The van der Waals surface area contributed by atoms with Gasteiger partial charge in [0.05, 0.1) is 6.10 Å². The number of aliphatic hydroxyl groups excluding tert-OH is 1. The van der Waals surface area contributed by atoms with Crippen molar-refractivity contribution < 1.29 is 14.3 Å². The number of nitrogens with one attached hydrogen (secondary N) is 1. The van der Waals surface area contributed by atoms with Gasteiger partial charge in [-0.2, -0.15) is 0 Å². The molecule has 0 spiro atoms. The van der Waals surface area contributed by atoms with E-state index < -0.39 is 6.10 Å². The monoisotopic (exact) mass is 289 g/mol. The number of carbonyl (C=O) groups is 1. The van der Waals surface area contributed by atoms with Gasteiger partial charge in [0.2, 0.25) is 0 Å². The number of amides is 2. The molecule has 0 radical (unpaired) electrons. The highest BCUT2D eigenvalue weighted by Crippen LogP contribution is 2.21. The maximum absolute atomic E-state index is 12.2. The number of urea groups is 1. The van der Waals surface area contributed by atoms with Crippen LogP contribution in [0.3, 0.4) is 0 Å². The average Bonchev–Trinajstić information content (AvgIpc) is 2.81. The molecule has 1 aliphatic rings. The molecule has 2 heterocycles. The molecule has 2 aromatic rings. The number of carbonyl (C=O) groups excluding carboxylic acids is 1. The summed E-state index contributed by atoms with van der Waals surface area (Å²) in [5.74, 6) is 0.838. The third-order valence-corrected chi connectivity index (χ3v) is 3.95. The minimum Gasteiger partial charge on any atom is -0.441 e. The second-order valence-corrected chi connectivity index (χ2v) is 5.62. The summed E-state index contributed by atoms with van der Waals surface area (Å²) in [5, 5.41) is 12.7. The molecule has 1 aromatic carbocycles. The van der Waals surface area contributed by atoms with E-state index in [1.54, 1.807) is 30.0 Å². The maximum Gasteiger partial charge on any atom is 0.321 e. The van der Waals surface area contributed by atoms with Gasteiger partial charge in [-0.3, -0.25) is 0 Å². The lowest BCUT2D eigenvalue weighted by Gasteiger charge is -2.34. The first kappa shape index (κ1) is 13.9. The number of likely N-dealkylation sites (tertiary alicyclic amines) is 1. The number of β-amino-alcohol motifs (C(OH)–C–C–N with tert-alkyl or cyclic N) is 1. The number of nitrogens with zero attached hydrogens (tertiary/aromatic N) is 2. The van der Waals surface area contributed by atoms with Crippen LogP contribution in [0.1, 0.15) is 19.2 Å². The van der Waals surface area contributed by atoms with Gasteiger partial charge in [0.1, 0.15) is 5.52 Å². The molecule has 1 saturated heterocycles. The number of aliphatic hydroxyl groups is 1. The van der Waals surface area contributed by atoms with Crippen LogP contribution in [0, 0.1) is 12.8 Å². The standard InChI is InChI=1S/C15H19N3O3/c1-9-5-6-18(8-13(9)19)15(20)17-11-3-4-14-12(7-11)16-10(2)21-14/h3-4,7,9,13,19H,5-6,8H2,1-2H3,(H,17,20). The van der Waals surface area contributed by atoms with E-state index in [9.17, 15) is 9.90 Å². The molecule has 6 nitrogen and oxygen atoms in total. The molecular formula is C15H19N3O3. The maximum atomic E-state index is 12.2. The Morgan fingerprint density at radius 1 is 1.52 bits per heavy atom. The molecule has 2 unspecified atom stereocenters. The molecule has 112 valence electrons. The normalized spacial score (nSPS) is 22.5. The SMILES string of the molecule is Cc1nc2cc(NC(=O)N3CCC(C)C(O)C3)ccc2o1. The van der Waals surface area contributed by atoms with Gasteiger partial charge in [0.25, 0.3) is 0 Å². The molecule has 1 fully saturated rings. The highest BCUT2D eigenvalue weighted by atomic mass is 16.3. The summed E-state index contributed by atoms with van der Waals surface area (Å²) in [6, 6.07) is 5.17. The Hall–Kier alpha value is -2.08. The Morgan fingerprint density at radius 2 is 2.33 bits per heavy atom. The summed E-state index contributed by atoms with van der Waals surface area (Å²) in [6.45, 7) is 4.82. The summed E-state index contributed by atoms with van der Waals surface area (Å²) in [6.07, 6.45) is 0.362. The summed E-state index contributed by atoms with van der Waals surface area (Å²) in [4.78, 5) is 18.1. The van der Waals surface area contributed by atoms with Crippen LogP contribution in [0.2, 0.25) is 0 Å². The number of piperidine rings is 1. The third kappa shape index (κ3) is 2.85. The number of anilines is 1. The molecule has 0 aliphatic carbocycles. The number of hydrogen-bond donors (Lipinski definition) is 2. The van der Waals surface area contributed by atoms with Crippen molar-refractivity contribution in [2.45, 2.75) is 26.4 Å². The van der Waals surface area contributed by atoms with Gasteiger partial charge in [-0.25, -0.2) is 9.78 Å². The summed E-state index contributed by atoms with van der Waals surface area (Å²) >= 11 is 0. The molecule has 0 saturated carbocycles. The van der Waals surface area contributed by atoms with Crippen molar-refractivity contribution in [1.82, 2.24) is 9.88 Å². The van der Waals surface area contributed by atoms with E-state index in [0.29, 0.717) is 30.3 Å². The fourth-order valence-corrected chi connectivity index (χ4v) is 2.56. The number of hydrogen-bond acceptors (Lipinski definition) is 4. The number of aryl methyl sites for hydroxylation is 1. The minimum absolute atomic E-state index is 0.194. The third-order valence-electron chi connectivity index (χ3n) is 3.95. The predicted molar refractivity (Wildman–Crippen MR) is 79.1 cm³/mol. The highest BCUT2D eigenvalue weighted by Gasteiger charge is 2.27. The van der Waals surface area contributed by atoms with Crippen LogP contribution in [-0.4, -0.2) is 40.2 Å². The molecule has 2 N–H and O–H groups in total. The number of oxazole rings is 1. The van der Waals surface area contributed by atoms with Gasteiger partial charge in [-0.15, -0.1) is 0 Å². The molecule has 2 atom stereocenters. The van der Waals surface area contributed by atoms with Crippen molar-refractivity contribution in [3.63, 3.8) is 0 Å². The van der Waals surface area contributed by atoms with E-state index in [-0.39, 0.29) is 11.9 Å². The van der Waals surface area contributed by atoms with Gasteiger partial charge < -0.3 is 19.7 Å². The van der Waals surface area contributed by atoms with Crippen molar-refractivity contribution in [2.75, 3.05) is 18.4 Å². The van der Waals surface area contributed by atoms with Gasteiger partial charge in [-0.05, 0) is 30.5 Å². The van der Waals surface area contributed by atoms with Crippen molar-refractivity contribution in [3.05, 3.63) is 24.1 Å². The largest absolute Gasteiger partial charge is 0.441 e. The Bertz CT molecular complexity index is 667. The minimum atomic E-state index is -0.454. The molecule has 1 aromatic heterocycles. The fourth-order valence-electron chi connectivity index (χ4n) is 2.56. The van der Waals surface area contributed by atoms with Gasteiger partial charge in [0, 0.05) is 25.7 Å². The van der Waals surface area contributed by atoms with Crippen molar-refractivity contribution in [2.24, 2.45) is 5.92 Å². The lowest BCUT2D eigenvalue weighted by molar-refractivity contribution is 0.0464. The number of aromatic nitrogens is 1. The van der Waals surface area contributed by atoms with E-state index in [0.717, 1.165) is 11.9 Å². The second-order valence-electron chi connectivity index (χ2n) is 5.62. The van der Waals surface area contributed by atoms with Gasteiger partial charge in [0.15, 0.2) is 11.5 Å². The van der Waals surface area contributed by atoms with E-state index in [4.69, 9.17) is 4.42 Å². The zero-order valence-electron chi connectivity index (χ0n) is 12.2. The molecule has 0 bridgehead atoms. The molecule has 3 rings (SSSR count). The molecule has 1 aliphatic heterocycles. The summed E-state index contributed by atoms with van der Waals surface area (Å²) in [7, 11) is 0. The summed E-state index contributed by atoms with van der Waals surface area (Å²) in [5.41, 5.74) is 2.10. The topological polar surface area (TPSA) is 78.6 Å². The Balaban J connectivity index is 1.71. The van der Waals surface area contributed by atoms with Crippen LogP contribution in [0.4, 0.5) is 10.5 Å². The number of benzene rings is 1. The quantitative estimate of drug-likeness (QED) is 0.844. The molecular weight excluding hydrogens is 270 g/mol. The van der Waals surface area contributed by atoms with E-state index in [1.165, 1.54) is 0 Å². The van der Waals surface area contributed by atoms with E-state index >= 15 is 0 Å². The average molecular weight is 289 g/mol. The zero-order valence-corrected chi connectivity index (χ0v) is 12.2. The Morgan fingerprint density at radius 3 is 3.10 bits per heavy atom. The van der Waals surface area contributed by atoms with E-state index in [1.807, 2.05) is 6.92 Å². The first-order chi connectivity index (χ1) is 10.0. The lowest BCUT2D eigenvalue weighted by atomic mass is 9.96. The zero-order chi connectivity index (χ0) is 15.0. The van der Waals surface area contributed by atoms with Crippen LogP contribution < -0.4 is 5.32 Å². The van der Waals surface area contributed by atoms with Gasteiger partial charge >= 0.3 is 6.03 Å². The van der Waals surface area contributed by atoms with Crippen molar-refractivity contribution >= 4 is 22.8 Å². The number of fused-ring (bicyclic) bond motifs is 1. The van der Waals surface area contributed by atoms with Crippen molar-refractivity contribution in [1.29, 1.82) is 0 Å². The van der Waals surface area contributed by atoms with Crippen LogP contribution in [0.15, 0.2) is 22.6 Å². The predicted octanol–water partition coefficient (Wildman–Crippen LogP) is 2.37. The van der Waals surface area contributed by atoms with Crippen molar-refractivity contribution in [3.8, 4) is 0 Å². The first-order valence-electron chi connectivity index (χ1n) is 7.14. The van der Waals surface area contributed by atoms with Crippen LogP contribution in [0.5, 0.6) is 0 Å². The molecule has 6 heteroatoms. The van der Waals surface area contributed by atoms with E-state index in [2.05, 4.69) is 10.3 Å². The molecule has 2 amide bonds. The lowest BCUT2D eigenvalue weighted by Crippen LogP contribution is -2.47.